The second-order valence-corrected chi connectivity index (χ2v) is 7.36. The van der Waals surface area contributed by atoms with E-state index in [0.717, 1.165) is 29.7 Å². The molecule has 0 saturated carbocycles. The quantitative estimate of drug-likeness (QED) is 0.858. The molecule has 0 unspecified atom stereocenters. The van der Waals surface area contributed by atoms with E-state index in [1.54, 1.807) is 24.3 Å². The molecule has 2 N–H and O–H groups in total. The molecule has 0 fully saturated rings. The zero-order chi connectivity index (χ0) is 16.6. The number of hydrogen-bond acceptors (Lipinski definition) is 3. The number of amides is 1. The van der Waals surface area contributed by atoms with E-state index in [1.165, 1.54) is 11.3 Å². The first-order chi connectivity index (χ1) is 11.0. The van der Waals surface area contributed by atoms with Gasteiger partial charge in [0, 0.05) is 15.5 Å². The van der Waals surface area contributed by atoms with E-state index in [-0.39, 0.29) is 11.5 Å². The number of carboxylic acids is 1. The van der Waals surface area contributed by atoms with Gasteiger partial charge in [-0.05, 0) is 55.0 Å². The van der Waals surface area contributed by atoms with Crippen LogP contribution in [0.1, 0.15) is 44.5 Å². The normalized spacial score (nSPS) is 16.7. The predicted octanol–water partition coefficient (Wildman–Crippen LogP) is 4.48. The smallest absolute Gasteiger partial charge is 0.339 e. The van der Waals surface area contributed by atoms with Crippen molar-refractivity contribution in [1.82, 2.24) is 0 Å². The van der Waals surface area contributed by atoms with Gasteiger partial charge in [-0.25, -0.2) is 4.79 Å². The number of fused-ring (bicyclic) bond motifs is 1. The Morgan fingerprint density at radius 3 is 2.65 bits per heavy atom. The van der Waals surface area contributed by atoms with Gasteiger partial charge in [0.1, 0.15) is 5.00 Å². The van der Waals surface area contributed by atoms with E-state index in [0.29, 0.717) is 21.5 Å². The molecule has 23 heavy (non-hydrogen) atoms. The molecule has 3 rings (SSSR count). The third-order valence-corrected chi connectivity index (χ3v) is 5.48. The fraction of sp³-hybridized carbons (Fsp3) is 0.294. The minimum atomic E-state index is -0.983. The lowest BCUT2D eigenvalue weighted by molar-refractivity contribution is 0.0697. The van der Waals surface area contributed by atoms with Gasteiger partial charge in [0.15, 0.2) is 0 Å². The highest BCUT2D eigenvalue weighted by Gasteiger charge is 2.28. The molecule has 1 aliphatic carbocycles. The van der Waals surface area contributed by atoms with E-state index >= 15 is 0 Å². The van der Waals surface area contributed by atoms with Gasteiger partial charge in [-0.1, -0.05) is 18.5 Å². The molecule has 1 amide bonds. The number of benzene rings is 1. The summed E-state index contributed by atoms with van der Waals surface area (Å²) in [6.07, 6.45) is 2.61. The Hall–Kier alpha value is -1.85. The van der Waals surface area contributed by atoms with Crippen LogP contribution in [0.5, 0.6) is 0 Å². The number of carboxylic acid groups (broad SMARTS) is 1. The molecule has 0 radical (unpaired) electrons. The van der Waals surface area contributed by atoms with E-state index < -0.39 is 5.97 Å². The monoisotopic (exact) mass is 349 g/mol. The SMILES string of the molecule is C[C@H]1CCc2c(sc(NC(=O)c3ccc(Cl)cc3)c2C(=O)O)C1. The van der Waals surface area contributed by atoms with Crippen LogP contribution in [-0.2, 0) is 12.8 Å². The van der Waals surface area contributed by atoms with Gasteiger partial charge in [0.25, 0.3) is 5.91 Å². The Labute approximate surface area is 143 Å². The van der Waals surface area contributed by atoms with Crippen molar-refractivity contribution in [3.63, 3.8) is 0 Å². The Morgan fingerprint density at radius 1 is 1.30 bits per heavy atom. The van der Waals surface area contributed by atoms with Crippen molar-refractivity contribution in [3.05, 3.63) is 50.9 Å². The highest BCUT2D eigenvalue weighted by molar-refractivity contribution is 7.17. The maximum Gasteiger partial charge on any atom is 0.339 e. The van der Waals surface area contributed by atoms with Crippen LogP contribution in [0.2, 0.25) is 5.02 Å². The van der Waals surface area contributed by atoms with E-state index in [9.17, 15) is 14.7 Å². The molecule has 120 valence electrons. The summed E-state index contributed by atoms with van der Waals surface area (Å²) in [5.41, 5.74) is 1.58. The van der Waals surface area contributed by atoms with Crippen molar-refractivity contribution in [1.29, 1.82) is 0 Å². The van der Waals surface area contributed by atoms with Crippen LogP contribution in [0.3, 0.4) is 0 Å². The molecule has 1 aliphatic rings. The van der Waals surface area contributed by atoms with Crippen molar-refractivity contribution in [2.75, 3.05) is 5.32 Å². The Morgan fingerprint density at radius 2 is 2.00 bits per heavy atom. The first-order valence-electron chi connectivity index (χ1n) is 7.40. The van der Waals surface area contributed by atoms with E-state index in [4.69, 9.17) is 11.6 Å². The van der Waals surface area contributed by atoms with Crippen molar-refractivity contribution in [3.8, 4) is 0 Å². The Kier molecular flexibility index (Phi) is 4.41. The molecular formula is C17H16ClNO3S. The number of thiophene rings is 1. The largest absolute Gasteiger partial charge is 0.478 e. The predicted molar refractivity (Wildman–Crippen MR) is 91.9 cm³/mol. The van der Waals surface area contributed by atoms with Crippen molar-refractivity contribution in [2.45, 2.75) is 26.2 Å². The average molecular weight is 350 g/mol. The van der Waals surface area contributed by atoms with Gasteiger partial charge < -0.3 is 10.4 Å². The van der Waals surface area contributed by atoms with Crippen molar-refractivity contribution >= 4 is 39.8 Å². The summed E-state index contributed by atoms with van der Waals surface area (Å²) in [6.45, 7) is 2.16. The topological polar surface area (TPSA) is 66.4 Å². The maximum atomic E-state index is 12.3. The van der Waals surface area contributed by atoms with Crippen LogP contribution in [0.15, 0.2) is 24.3 Å². The summed E-state index contributed by atoms with van der Waals surface area (Å²) in [7, 11) is 0. The zero-order valence-corrected chi connectivity index (χ0v) is 14.1. The van der Waals surface area contributed by atoms with Gasteiger partial charge in [0.05, 0.1) is 5.56 Å². The van der Waals surface area contributed by atoms with E-state index in [2.05, 4.69) is 12.2 Å². The average Bonchev–Trinajstić information content (AvgIpc) is 2.84. The fourth-order valence-corrected chi connectivity index (χ4v) is 4.37. The molecular weight excluding hydrogens is 334 g/mol. The molecule has 1 aromatic heterocycles. The van der Waals surface area contributed by atoms with Crippen molar-refractivity contribution < 1.29 is 14.7 Å². The lowest BCUT2D eigenvalue weighted by atomic mass is 9.88. The Balaban J connectivity index is 1.92. The summed E-state index contributed by atoms with van der Waals surface area (Å²) in [5.74, 6) is -0.762. The lowest BCUT2D eigenvalue weighted by Crippen LogP contribution is -2.15. The molecule has 1 atom stereocenters. The molecule has 6 heteroatoms. The van der Waals surface area contributed by atoms with Crippen LogP contribution in [0, 0.1) is 5.92 Å². The maximum absolute atomic E-state index is 12.3. The Bertz CT molecular complexity index is 767. The number of nitrogens with one attached hydrogen (secondary N) is 1. The molecule has 0 saturated heterocycles. The van der Waals surface area contributed by atoms with E-state index in [1.807, 2.05) is 0 Å². The second kappa shape index (κ2) is 6.34. The third kappa shape index (κ3) is 3.26. The first kappa shape index (κ1) is 16.0. The highest BCUT2D eigenvalue weighted by Crippen LogP contribution is 2.39. The molecule has 0 aliphatic heterocycles. The number of halogens is 1. The number of carbonyl (C=O) groups is 2. The van der Waals surface area contributed by atoms with Gasteiger partial charge in [0.2, 0.25) is 0 Å². The van der Waals surface area contributed by atoms with Crippen LogP contribution in [0.4, 0.5) is 5.00 Å². The number of rotatable bonds is 3. The summed E-state index contributed by atoms with van der Waals surface area (Å²) in [6, 6.07) is 6.51. The van der Waals surface area contributed by atoms with Crippen molar-refractivity contribution in [2.24, 2.45) is 5.92 Å². The minimum absolute atomic E-state index is 0.249. The van der Waals surface area contributed by atoms with Gasteiger partial charge in [-0.3, -0.25) is 4.79 Å². The fourth-order valence-electron chi connectivity index (χ4n) is 2.84. The summed E-state index contributed by atoms with van der Waals surface area (Å²) >= 11 is 7.20. The van der Waals surface area contributed by atoms with Gasteiger partial charge in [-0.15, -0.1) is 11.3 Å². The summed E-state index contributed by atoms with van der Waals surface area (Å²) in [5, 5.41) is 13.3. The highest BCUT2D eigenvalue weighted by atomic mass is 35.5. The third-order valence-electron chi connectivity index (χ3n) is 4.06. The molecule has 0 bridgehead atoms. The second-order valence-electron chi connectivity index (χ2n) is 5.82. The van der Waals surface area contributed by atoms with Crippen LogP contribution in [0.25, 0.3) is 0 Å². The standard InChI is InChI=1S/C17H16ClNO3S/c1-9-2-7-12-13(8-9)23-16(14(12)17(21)22)19-15(20)10-3-5-11(18)6-4-10/h3-6,9H,2,7-8H2,1H3,(H,19,20)(H,21,22)/t9-/m0/s1. The molecule has 0 spiro atoms. The van der Waals surface area contributed by atoms with Gasteiger partial charge >= 0.3 is 5.97 Å². The number of aromatic carboxylic acids is 1. The van der Waals surface area contributed by atoms with Gasteiger partial charge in [-0.2, -0.15) is 0 Å². The first-order valence-corrected chi connectivity index (χ1v) is 8.60. The number of carbonyl (C=O) groups excluding carboxylic acids is 1. The molecule has 2 aromatic rings. The van der Waals surface area contributed by atoms with Crippen LogP contribution < -0.4 is 5.32 Å². The molecule has 1 aromatic carbocycles. The van der Waals surface area contributed by atoms with Crippen LogP contribution in [-0.4, -0.2) is 17.0 Å². The van der Waals surface area contributed by atoms with Crippen LogP contribution >= 0.6 is 22.9 Å². The molecule has 1 heterocycles. The number of anilines is 1. The number of hydrogen-bond donors (Lipinski definition) is 2. The summed E-state index contributed by atoms with van der Waals surface area (Å²) < 4.78 is 0. The zero-order valence-electron chi connectivity index (χ0n) is 12.6. The summed E-state index contributed by atoms with van der Waals surface area (Å²) in [4.78, 5) is 25.1. The molecule has 4 nitrogen and oxygen atoms in total. The minimum Gasteiger partial charge on any atom is -0.478 e. The lowest BCUT2D eigenvalue weighted by Gasteiger charge is -2.17.